The van der Waals surface area contributed by atoms with Gasteiger partial charge >= 0.3 is 30.2 Å². The molecule has 1 amide bonds. The van der Waals surface area contributed by atoms with Gasteiger partial charge in [-0.3, -0.25) is 14.4 Å². The molecule has 1 heterocycles. The molecular formula is C55H59Cl6NO19. The molecule has 7 rings (SSSR count). The Bertz CT molecular complexity index is 2850. The smallest absolute Gasteiger partial charge is 0.455 e. The lowest BCUT2D eigenvalue weighted by Crippen LogP contribution is -2.84. The van der Waals surface area contributed by atoms with Crippen LogP contribution in [0.15, 0.2) is 102 Å². The number of ether oxygens (including phenoxy) is 10. The number of carbonyl (C=O) groups excluding carboxylic acids is 7. The number of ketones is 1. The van der Waals surface area contributed by atoms with Crippen molar-refractivity contribution in [3.63, 3.8) is 0 Å². The first-order chi connectivity index (χ1) is 37.9. The second-order valence-corrected chi connectivity index (χ2v) is 25.5. The van der Waals surface area contributed by atoms with E-state index in [2.05, 4.69) is 5.32 Å². The molecule has 20 nitrogen and oxygen atoms in total. The number of aliphatic hydroxyl groups excluding tert-OH is 1. The first-order valence-electron chi connectivity index (χ1n) is 25.3. The highest BCUT2D eigenvalue weighted by molar-refractivity contribution is 6.68. The number of hydrogen-bond acceptors (Lipinski definition) is 19. The standard InChI is InChI=1S/C55H59Cl6NO19/c1-8-72-30(4)76-40(37(31-18-12-9-13-19-31)62-45(66)32-20-14-10-15-21-32)47(68)79-43-38(64)28(2)36-39(78-49(70)75-27-54(59,60)61)42(65)51(7)34(77-48(69)74-26-53(56,57)58)24-35-52(25-73-35,81-29(3)63)41(51)44(55(43,71)50(36,5)6)80-46(67)33-22-16-11-17-23-33/h9-23,30,34-35,37-41,43-44,64,71H,8,24-27H2,1-7H3,(H,62,66)/t30?,34-,35+,37-,38+,39+,40+,41-,43-,44-,51+,52-,55+/m0/s1. The summed E-state index contributed by atoms with van der Waals surface area (Å²) in [6, 6.07) is 22.1. The van der Waals surface area contributed by atoms with Crippen LogP contribution in [0, 0.1) is 16.7 Å². The highest BCUT2D eigenvalue weighted by Crippen LogP contribution is 2.65. The van der Waals surface area contributed by atoms with E-state index in [4.69, 9.17) is 117 Å². The van der Waals surface area contributed by atoms with Gasteiger partial charge in [0, 0.05) is 30.9 Å². The lowest BCUT2D eigenvalue weighted by atomic mass is 9.44. The lowest BCUT2D eigenvalue weighted by Gasteiger charge is -2.68. The molecule has 0 aromatic heterocycles. The first-order valence-corrected chi connectivity index (χ1v) is 27.6. The van der Waals surface area contributed by atoms with Crippen LogP contribution < -0.4 is 5.32 Å². The number of amides is 1. The van der Waals surface area contributed by atoms with Crippen LogP contribution in [0.25, 0.3) is 0 Å². The molecule has 3 aromatic rings. The summed E-state index contributed by atoms with van der Waals surface area (Å²) in [6.07, 6.45) is -19.4. The van der Waals surface area contributed by atoms with Gasteiger partial charge in [0.15, 0.2) is 41.6 Å². The molecule has 0 spiro atoms. The van der Waals surface area contributed by atoms with Gasteiger partial charge in [-0.15, -0.1) is 0 Å². The van der Waals surface area contributed by atoms with Crippen molar-refractivity contribution in [2.75, 3.05) is 26.4 Å². The third-order valence-electron chi connectivity index (χ3n) is 15.1. The van der Waals surface area contributed by atoms with Crippen LogP contribution in [0.4, 0.5) is 9.59 Å². The van der Waals surface area contributed by atoms with Gasteiger partial charge in [-0.1, -0.05) is 150 Å². The Morgan fingerprint density at radius 3 is 1.84 bits per heavy atom. The highest BCUT2D eigenvalue weighted by Gasteiger charge is 2.81. The van der Waals surface area contributed by atoms with Crippen LogP contribution in [-0.4, -0.2) is 146 Å². The monoisotopic (exact) mass is 1250 g/mol. The van der Waals surface area contributed by atoms with Crippen molar-refractivity contribution in [3.8, 4) is 0 Å². The van der Waals surface area contributed by atoms with Crippen molar-refractivity contribution in [3.05, 3.63) is 119 Å². The van der Waals surface area contributed by atoms with Crippen molar-refractivity contribution in [2.24, 2.45) is 16.7 Å². The van der Waals surface area contributed by atoms with E-state index in [1.165, 1.54) is 71.0 Å². The zero-order chi connectivity index (χ0) is 59.6. The number of halogens is 6. The van der Waals surface area contributed by atoms with E-state index in [1.807, 2.05) is 0 Å². The van der Waals surface area contributed by atoms with E-state index in [-0.39, 0.29) is 28.9 Å². The summed E-state index contributed by atoms with van der Waals surface area (Å²) >= 11 is 35.6. The predicted octanol–water partition coefficient (Wildman–Crippen LogP) is 8.60. The maximum Gasteiger partial charge on any atom is 0.509 e. The molecule has 1 saturated heterocycles. The van der Waals surface area contributed by atoms with E-state index in [0.29, 0.717) is 5.56 Å². The van der Waals surface area contributed by atoms with Gasteiger partial charge in [0.2, 0.25) is 7.59 Å². The number of hydrogen-bond donors (Lipinski definition) is 3. The van der Waals surface area contributed by atoms with E-state index >= 15 is 9.59 Å². The van der Waals surface area contributed by atoms with Crippen molar-refractivity contribution in [1.82, 2.24) is 5.32 Å². The number of Topliss-reactive ketones (excluding diaryl/α,β-unsaturated/α-hetero) is 1. The summed E-state index contributed by atoms with van der Waals surface area (Å²) in [5.74, 6) is -7.44. The van der Waals surface area contributed by atoms with Crippen molar-refractivity contribution in [1.29, 1.82) is 0 Å². The predicted molar refractivity (Wildman–Crippen MR) is 290 cm³/mol. The molecule has 0 radical (unpaired) electrons. The Morgan fingerprint density at radius 2 is 1.32 bits per heavy atom. The van der Waals surface area contributed by atoms with E-state index in [1.54, 1.807) is 61.5 Å². The van der Waals surface area contributed by atoms with Crippen molar-refractivity contribution in [2.45, 2.75) is 129 Å². The number of esters is 3. The van der Waals surface area contributed by atoms with Gasteiger partial charge in [0.1, 0.15) is 37.6 Å². The third-order valence-corrected chi connectivity index (χ3v) is 15.7. The number of benzene rings is 3. The largest absolute Gasteiger partial charge is 0.509 e. The highest BCUT2D eigenvalue weighted by atomic mass is 35.6. The third kappa shape index (κ3) is 13.2. The topological polar surface area (TPSA) is 264 Å². The molecule has 1 aliphatic heterocycles. The Balaban J connectivity index is 1.52. The Hall–Kier alpha value is -4.97. The fraction of sp³-hybridized carbons (Fsp3) is 0.509. The Kier molecular flexibility index (Phi) is 19.7. The summed E-state index contributed by atoms with van der Waals surface area (Å²) in [4.78, 5) is 103. The fourth-order valence-electron chi connectivity index (χ4n) is 11.5. The van der Waals surface area contributed by atoms with E-state index in [9.17, 15) is 34.2 Å². The Labute approximate surface area is 496 Å². The average molecular weight is 1250 g/mol. The van der Waals surface area contributed by atoms with Crippen LogP contribution in [0.3, 0.4) is 0 Å². The summed E-state index contributed by atoms with van der Waals surface area (Å²) in [7, 11) is 0. The van der Waals surface area contributed by atoms with Gasteiger partial charge in [-0.2, -0.15) is 0 Å². The van der Waals surface area contributed by atoms with Gasteiger partial charge in [0.05, 0.1) is 29.5 Å². The van der Waals surface area contributed by atoms with Crippen LogP contribution in [-0.2, 0) is 61.8 Å². The maximum atomic E-state index is 16.4. The van der Waals surface area contributed by atoms with Gasteiger partial charge in [0.25, 0.3) is 5.91 Å². The minimum Gasteiger partial charge on any atom is -0.455 e. The van der Waals surface area contributed by atoms with Crippen LogP contribution in [0.2, 0.25) is 0 Å². The second kappa shape index (κ2) is 25.1. The normalized spacial score (nSPS) is 28.8. The summed E-state index contributed by atoms with van der Waals surface area (Å²) in [6.45, 7) is 6.94. The molecule has 3 N–H and O–H groups in total. The number of rotatable bonds is 17. The molecular weight excluding hydrogens is 1190 g/mol. The molecule has 440 valence electrons. The summed E-state index contributed by atoms with van der Waals surface area (Å²) in [5.41, 5.74) is -10.5. The first kappa shape index (κ1) is 63.6. The molecule has 3 fully saturated rings. The second-order valence-electron chi connectivity index (χ2n) is 20.5. The van der Waals surface area contributed by atoms with Gasteiger partial charge in [-0.25, -0.2) is 19.2 Å². The average Bonchev–Trinajstić information content (AvgIpc) is 1.84. The molecule has 3 aromatic carbocycles. The molecule has 1 unspecified atom stereocenters. The van der Waals surface area contributed by atoms with Gasteiger partial charge in [-0.05, 0) is 68.7 Å². The molecule has 2 bridgehead atoms. The number of nitrogens with one attached hydrogen (secondary N) is 1. The van der Waals surface area contributed by atoms with E-state index in [0.717, 1.165) is 6.92 Å². The molecule has 3 aliphatic carbocycles. The number of alkyl halides is 6. The molecule has 81 heavy (non-hydrogen) atoms. The molecule has 13 atom stereocenters. The Morgan fingerprint density at radius 1 is 0.778 bits per heavy atom. The molecule has 2 saturated carbocycles. The van der Waals surface area contributed by atoms with Crippen LogP contribution in [0.1, 0.15) is 87.2 Å². The van der Waals surface area contributed by atoms with Crippen LogP contribution >= 0.6 is 69.6 Å². The summed E-state index contributed by atoms with van der Waals surface area (Å²) in [5, 5.41) is 30.5. The number of carbonyl (C=O) groups is 7. The molecule has 4 aliphatic rings. The maximum absolute atomic E-state index is 16.4. The lowest BCUT2D eigenvalue weighted by molar-refractivity contribution is -0.352. The fourth-order valence-corrected chi connectivity index (χ4v) is 11.8. The minimum atomic E-state index is -3.16. The van der Waals surface area contributed by atoms with Crippen molar-refractivity contribution >= 4 is 112 Å². The van der Waals surface area contributed by atoms with Crippen LogP contribution in [0.5, 0.6) is 0 Å². The van der Waals surface area contributed by atoms with Gasteiger partial charge < -0.3 is 62.9 Å². The summed E-state index contributed by atoms with van der Waals surface area (Å²) < 4.78 is 55.2. The number of fused-ring (bicyclic) bond motifs is 5. The quantitative estimate of drug-likeness (QED) is 0.0375. The van der Waals surface area contributed by atoms with E-state index < -0.39 is 159 Å². The zero-order valence-electron chi connectivity index (χ0n) is 44.6. The SMILES string of the molecule is CCOC(C)O[C@@H](C(=O)O[C@H]1[C@H](O)C(C)=C2[C@@H](OC(=O)OCC(Cl)(Cl)Cl)C(=O)[C@]3(C)[C@@H](OC(=O)OCC(Cl)(Cl)Cl)C[C@H]4OC[C@@]4(OC(C)=O)[C@H]3[C@H](OC(=O)c3ccccc3)[C@@]1(O)C2(C)C)[C@@H](NC(=O)c1ccccc1)c1ccccc1. The number of aliphatic hydroxyl groups is 2. The van der Waals surface area contributed by atoms with Crippen molar-refractivity contribution < 1.29 is 91.1 Å². The molecule has 26 heteroatoms. The zero-order valence-corrected chi connectivity index (χ0v) is 49.1. The minimum absolute atomic E-state index is 0.0795.